The Hall–Kier alpha value is -3.58. The Balaban J connectivity index is 1.38. The number of rotatable bonds is 6. The average Bonchev–Trinajstić information content (AvgIpc) is 3.44. The van der Waals surface area contributed by atoms with Crippen molar-refractivity contribution in [2.75, 3.05) is 7.11 Å². The van der Waals surface area contributed by atoms with Gasteiger partial charge in [0.1, 0.15) is 23.0 Å². The van der Waals surface area contributed by atoms with Crippen LogP contribution in [0.2, 0.25) is 0 Å². The van der Waals surface area contributed by atoms with Gasteiger partial charge in [0.25, 0.3) is 0 Å². The number of methoxy groups -OCH3 is 1. The van der Waals surface area contributed by atoms with Gasteiger partial charge in [0, 0.05) is 15.6 Å². The average molecular weight is 465 g/mol. The first-order chi connectivity index (χ1) is 14.6. The lowest BCUT2D eigenvalue weighted by Gasteiger charge is -2.00. The minimum Gasteiger partial charge on any atom is -0.497 e. The Kier molecular flexibility index (Phi) is 5.81. The molecule has 4 rings (SSSR count). The number of carbonyl (C=O) groups is 1. The van der Waals surface area contributed by atoms with Crippen LogP contribution in [-0.2, 0) is 0 Å². The molecule has 2 aromatic carbocycles. The molecule has 30 heavy (non-hydrogen) atoms. The Labute approximate surface area is 181 Å². The molecule has 0 aliphatic carbocycles. The van der Waals surface area contributed by atoms with Gasteiger partial charge in [0.05, 0.1) is 13.3 Å². The van der Waals surface area contributed by atoms with E-state index in [-0.39, 0.29) is 5.76 Å². The minimum atomic E-state index is -0.448. The molecule has 0 fully saturated rings. The van der Waals surface area contributed by atoms with E-state index in [2.05, 4.69) is 26.5 Å². The van der Waals surface area contributed by atoms with Gasteiger partial charge in [-0.25, -0.2) is 5.43 Å². The smallest absolute Gasteiger partial charge is 0.307 e. The number of halogens is 1. The Morgan fingerprint density at radius 3 is 2.23 bits per heavy atom. The third-order valence-corrected chi connectivity index (χ3v) is 4.85. The number of nitrogens with one attached hydrogen (secondary N) is 1. The van der Waals surface area contributed by atoms with Crippen LogP contribution in [0.1, 0.15) is 16.3 Å². The summed E-state index contributed by atoms with van der Waals surface area (Å²) in [7, 11) is 1.62. The molecule has 6 nitrogen and oxygen atoms in total. The van der Waals surface area contributed by atoms with Gasteiger partial charge < -0.3 is 13.6 Å². The van der Waals surface area contributed by atoms with Crippen molar-refractivity contribution in [2.45, 2.75) is 0 Å². The molecule has 0 aliphatic heterocycles. The van der Waals surface area contributed by atoms with Crippen molar-refractivity contribution in [1.82, 2.24) is 5.43 Å². The lowest BCUT2D eigenvalue weighted by Crippen LogP contribution is -2.16. The molecule has 2 heterocycles. The molecule has 7 heteroatoms. The van der Waals surface area contributed by atoms with Crippen molar-refractivity contribution in [2.24, 2.45) is 5.10 Å². The standard InChI is InChI=1S/C23H17BrN2O4/c1-28-18-8-4-16(5-9-18)20-11-10-19(29-20)14-25-26-23(27)22-13-12-21(30-22)15-2-6-17(24)7-3-15/h2-14H,1H3,(H,26,27)/b25-14-. The first-order valence-electron chi connectivity index (χ1n) is 9.06. The minimum absolute atomic E-state index is 0.170. The van der Waals surface area contributed by atoms with Crippen molar-refractivity contribution in [3.63, 3.8) is 0 Å². The summed E-state index contributed by atoms with van der Waals surface area (Å²) in [6.07, 6.45) is 1.43. The van der Waals surface area contributed by atoms with Crippen molar-refractivity contribution in [1.29, 1.82) is 0 Å². The zero-order valence-corrected chi connectivity index (χ0v) is 17.5. The number of amides is 1. The molecule has 150 valence electrons. The molecule has 4 aromatic rings. The van der Waals surface area contributed by atoms with Crippen LogP contribution >= 0.6 is 15.9 Å². The summed E-state index contributed by atoms with van der Waals surface area (Å²) >= 11 is 3.39. The number of hydrazone groups is 1. The molecule has 0 radical (unpaired) electrons. The third-order valence-electron chi connectivity index (χ3n) is 4.32. The fourth-order valence-corrected chi connectivity index (χ4v) is 3.04. The number of ether oxygens (including phenoxy) is 1. The van der Waals surface area contributed by atoms with E-state index in [0.29, 0.717) is 17.3 Å². The zero-order valence-electron chi connectivity index (χ0n) is 16.0. The van der Waals surface area contributed by atoms with E-state index in [4.69, 9.17) is 13.6 Å². The molecule has 0 spiro atoms. The Bertz CT molecular complexity index is 1170. The zero-order chi connectivity index (χ0) is 20.9. The maximum Gasteiger partial charge on any atom is 0.307 e. The molecule has 0 atom stereocenters. The number of furan rings is 2. The van der Waals surface area contributed by atoms with Gasteiger partial charge in [-0.15, -0.1) is 0 Å². The summed E-state index contributed by atoms with van der Waals surface area (Å²) in [6.45, 7) is 0. The molecule has 1 N–H and O–H groups in total. The van der Waals surface area contributed by atoms with E-state index in [1.807, 2.05) is 54.6 Å². The largest absolute Gasteiger partial charge is 0.497 e. The lowest BCUT2D eigenvalue weighted by molar-refractivity contribution is 0.0928. The van der Waals surface area contributed by atoms with E-state index >= 15 is 0 Å². The molecule has 0 aliphatic rings. The van der Waals surface area contributed by atoms with Gasteiger partial charge in [0.2, 0.25) is 0 Å². The molecule has 0 saturated heterocycles. The molecular formula is C23H17BrN2O4. The fourth-order valence-electron chi connectivity index (χ4n) is 2.77. The molecule has 0 saturated carbocycles. The second kappa shape index (κ2) is 8.84. The number of carbonyl (C=O) groups excluding carboxylic acids is 1. The fraction of sp³-hybridized carbons (Fsp3) is 0.0435. The Morgan fingerprint density at radius 2 is 1.53 bits per heavy atom. The summed E-state index contributed by atoms with van der Waals surface area (Å²) in [5.74, 6) is 2.30. The molecule has 0 bridgehead atoms. The van der Waals surface area contributed by atoms with Gasteiger partial charge in [-0.1, -0.05) is 28.1 Å². The Morgan fingerprint density at radius 1 is 0.900 bits per heavy atom. The maximum atomic E-state index is 12.3. The second-order valence-corrected chi connectivity index (χ2v) is 7.22. The van der Waals surface area contributed by atoms with Gasteiger partial charge in [-0.3, -0.25) is 4.79 Å². The normalized spacial score (nSPS) is 11.0. The summed E-state index contributed by atoms with van der Waals surface area (Å²) in [4.78, 5) is 12.3. The summed E-state index contributed by atoms with van der Waals surface area (Å²) < 4.78 is 17.5. The van der Waals surface area contributed by atoms with E-state index in [1.165, 1.54) is 6.21 Å². The molecular weight excluding hydrogens is 448 g/mol. The van der Waals surface area contributed by atoms with Crippen molar-refractivity contribution < 1.29 is 18.4 Å². The van der Waals surface area contributed by atoms with Crippen LogP contribution in [0.5, 0.6) is 5.75 Å². The monoisotopic (exact) mass is 464 g/mol. The number of nitrogens with zero attached hydrogens (tertiary/aromatic N) is 1. The van der Waals surface area contributed by atoms with Crippen LogP contribution < -0.4 is 10.2 Å². The number of hydrogen-bond acceptors (Lipinski definition) is 5. The van der Waals surface area contributed by atoms with Crippen LogP contribution in [0.4, 0.5) is 0 Å². The first kappa shape index (κ1) is 19.7. The molecule has 1 amide bonds. The SMILES string of the molecule is COc1ccc(-c2ccc(/C=N\NC(=O)c3ccc(-c4ccc(Br)cc4)o3)o2)cc1. The highest BCUT2D eigenvalue weighted by molar-refractivity contribution is 9.10. The maximum absolute atomic E-state index is 12.3. The van der Waals surface area contributed by atoms with E-state index in [0.717, 1.165) is 21.3 Å². The van der Waals surface area contributed by atoms with Gasteiger partial charge >= 0.3 is 5.91 Å². The van der Waals surface area contributed by atoms with Gasteiger partial charge in [-0.05, 0) is 60.7 Å². The third kappa shape index (κ3) is 4.52. The van der Waals surface area contributed by atoms with Gasteiger partial charge in [0.15, 0.2) is 5.76 Å². The molecule has 2 aromatic heterocycles. The van der Waals surface area contributed by atoms with E-state index < -0.39 is 5.91 Å². The van der Waals surface area contributed by atoms with Crippen LogP contribution in [0, 0.1) is 0 Å². The van der Waals surface area contributed by atoms with Gasteiger partial charge in [-0.2, -0.15) is 5.10 Å². The summed E-state index contributed by atoms with van der Waals surface area (Å²) in [6, 6.07) is 22.1. The first-order valence-corrected chi connectivity index (χ1v) is 9.85. The second-order valence-electron chi connectivity index (χ2n) is 6.30. The number of hydrogen-bond donors (Lipinski definition) is 1. The van der Waals surface area contributed by atoms with Crippen LogP contribution in [0.15, 0.2) is 91.2 Å². The van der Waals surface area contributed by atoms with Crippen LogP contribution in [0.3, 0.4) is 0 Å². The van der Waals surface area contributed by atoms with Crippen LogP contribution in [-0.4, -0.2) is 19.2 Å². The summed E-state index contributed by atoms with van der Waals surface area (Å²) in [5, 5.41) is 3.94. The highest BCUT2D eigenvalue weighted by Gasteiger charge is 2.12. The predicted molar refractivity (Wildman–Crippen MR) is 118 cm³/mol. The lowest BCUT2D eigenvalue weighted by atomic mass is 10.2. The van der Waals surface area contributed by atoms with Crippen molar-refractivity contribution in [3.8, 4) is 28.4 Å². The van der Waals surface area contributed by atoms with E-state index in [9.17, 15) is 4.79 Å². The topological polar surface area (TPSA) is 77.0 Å². The molecule has 0 unspecified atom stereocenters. The summed E-state index contributed by atoms with van der Waals surface area (Å²) in [5.41, 5.74) is 4.23. The van der Waals surface area contributed by atoms with Crippen molar-refractivity contribution in [3.05, 3.63) is 88.8 Å². The number of benzene rings is 2. The predicted octanol–water partition coefficient (Wildman–Crippen LogP) is 5.74. The van der Waals surface area contributed by atoms with E-state index in [1.54, 1.807) is 25.3 Å². The highest BCUT2D eigenvalue weighted by atomic mass is 79.9. The highest BCUT2D eigenvalue weighted by Crippen LogP contribution is 2.25. The quantitative estimate of drug-likeness (QED) is 0.291. The van der Waals surface area contributed by atoms with Crippen molar-refractivity contribution >= 4 is 28.1 Å². The van der Waals surface area contributed by atoms with Crippen LogP contribution in [0.25, 0.3) is 22.6 Å².